The van der Waals surface area contributed by atoms with Gasteiger partial charge in [0.25, 0.3) is 0 Å². The van der Waals surface area contributed by atoms with Crippen molar-refractivity contribution in [2.24, 2.45) is 11.8 Å². The Morgan fingerprint density at radius 3 is 0.647 bits per heavy atom. The second-order valence-electron chi connectivity index (χ2n) is 11.7. The molecule has 0 nitrogen and oxygen atoms in total. The second-order valence-corrected chi connectivity index (χ2v) is 11.7. The van der Waals surface area contributed by atoms with Gasteiger partial charge in [-0.3, -0.25) is 0 Å². The molecule has 0 fully saturated rings. The minimum absolute atomic E-state index is 1.03. The topological polar surface area (TPSA) is 0 Å². The van der Waals surface area contributed by atoms with Crippen LogP contribution in [-0.2, 0) is 0 Å². The summed E-state index contributed by atoms with van der Waals surface area (Å²) in [7, 11) is 0. The zero-order valence-corrected chi connectivity index (χ0v) is 25.0. The normalized spacial score (nSPS) is 13.4. The lowest BCUT2D eigenvalue weighted by molar-refractivity contribution is 0.236. The first kappa shape index (κ1) is 34.0. The summed E-state index contributed by atoms with van der Waals surface area (Å²) in [6, 6.07) is 0. The van der Waals surface area contributed by atoms with Crippen LogP contribution in [0.25, 0.3) is 0 Å². The van der Waals surface area contributed by atoms with Crippen LogP contribution >= 0.6 is 0 Å². The minimum Gasteiger partial charge on any atom is -0.0654 e. The van der Waals surface area contributed by atoms with Crippen LogP contribution in [0, 0.1) is 11.8 Å². The van der Waals surface area contributed by atoms with Gasteiger partial charge in [0.2, 0.25) is 0 Å². The highest BCUT2D eigenvalue weighted by Crippen LogP contribution is 2.33. The Morgan fingerprint density at radius 1 is 0.235 bits per heavy atom. The molecule has 0 heterocycles. The molecular weight excluding hydrogens is 408 g/mol. The van der Waals surface area contributed by atoms with Gasteiger partial charge in [0.05, 0.1) is 0 Å². The van der Waals surface area contributed by atoms with Gasteiger partial charge in [0.1, 0.15) is 0 Å². The van der Waals surface area contributed by atoms with Gasteiger partial charge in [-0.1, -0.05) is 207 Å². The van der Waals surface area contributed by atoms with Crippen LogP contribution in [-0.4, -0.2) is 0 Å². The van der Waals surface area contributed by atoms with E-state index in [0.717, 1.165) is 11.8 Å². The molecule has 0 heteroatoms. The molecule has 0 rings (SSSR count). The molecule has 0 aromatic rings. The van der Waals surface area contributed by atoms with Crippen LogP contribution < -0.4 is 0 Å². The van der Waals surface area contributed by atoms with Gasteiger partial charge >= 0.3 is 0 Å². The third kappa shape index (κ3) is 23.7. The van der Waals surface area contributed by atoms with Gasteiger partial charge in [-0.2, -0.15) is 0 Å². The van der Waals surface area contributed by atoms with Crippen molar-refractivity contribution in [1.29, 1.82) is 0 Å². The fraction of sp³-hybridized carbons (Fsp3) is 1.00. The van der Waals surface area contributed by atoms with E-state index < -0.39 is 0 Å². The van der Waals surface area contributed by atoms with Crippen LogP contribution in [0.5, 0.6) is 0 Å². The van der Waals surface area contributed by atoms with Gasteiger partial charge in [0, 0.05) is 0 Å². The third-order valence-electron chi connectivity index (χ3n) is 8.38. The summed E-state index contributed by atoms with van der Waals surface area (Å²) in [6.45, 7) is 9.36. The SMILES string of the molecule is CCCCCCCCCCC(CCCCCC)C(CCCCCCC)CCCCCCCCC. The summed E-state index contributed by atoms with van der Waals surface area (Å²) in [4.78, 5) is 0. The Morgan fingerprint density at radius 2 is 0.412 bits per heavy atom. The Labute approximate surface area is 219 Å². The average Bonchev–Trinajstić information content (AvgIpc) is 2.85. The lowest BCUT2D eigenvalue weighted by atomic mass is 9.78. The van der Waals surface area contributed by atoms with E-state index in [9.17, 15) is 0 Å². The molecule has 0 aromatic heterocycles. The third-order valence-corrected chi connectivity index (χ3v) is 8.38. The van der Waals surface area contributed by atoms with Crippen molar-refractivity contribution in [1.82, 2.24) is 0 Å². The van der Waals surface area contributed by atoms with Gasteiger partial charge < -0.3 is 0 Å². The fourth-order valence-electron chi connectivity index (χ4n) is 5.98. The van der Waals surface area contributed by atoms with Crippen molar-refractivity contribution in [3.05, 3.63) is 0 Å². The van der Waals surface area contributed by atoms with E-state index >= 15 is 0 Å². The number of unbranched alkanes of at least 4 members (excludes halogenated alkanes) is 20. The molecule has 0 aliphatic rings. The minimum atomic E-state index is 1.03. The van der Waals surface area contributed by atoms with Gasteiger partial charge in [-0.25, -0.2) is 0 Å². The second kappa shape index (κ2) is 29.2. The Kier molecular flexibility index (Phi) is 29.2. The highest BCUT2D eigenvalue weighted by atomic mass is 14.3. The summed E-state index contributed by atoms with van der Waals surface area (Å²) < 4.78 is 0. The lowest BCUT2D eigenvalue weighted by Crippen LogP contribution is -2.16. The molecule has 0 radical (unpaired) electrons. The Hall–Kier alpha value is 0. The number of hydrogen-bond acceptors (Lipinski definition) is 0. The van der Waals surface area contributed by atoms with Crippen molar-refractivity contribution >= 4 is 0 Å². The van der Waals surface area contributed by atoms with Crippen LogP contribution in [0.3, 0.4) is 0 Å². The lowest BCUT2D eigenvalue weighted by Gasteiger charge is -2.28. The van der Waals surface area contributed by atoms with E-state index in [4.69, 9.17) is 0 Å². The van der Waals surface area contributed by atoms with Gasteiger partial charge in [-0.15, -0.1) is 0 Å². The van der Waals surface area contributed by atoms with E-state index in [1.807, 2.05) is 0 Å². The largest absolute Gasteiger partial charge is 0.0654 e. The standard InChI is InChI=1S/C34H70/c1-5-9-13-17-19-21-24-28-31-33(29-25-16-12-8-4)34(30-26-22-15-11-7-3)32-27-23-20-18-14-10-6-2/h33-34H,5-32H2,1-4H3. The van der Waals surface area contributed by atoms with E-state index in [0.29, 0.717) is 0 Å². The number of rotatable bonds is 29. The first-order valence-electron chi connectivity index (χ1n) is 16.8. The predicted molar refractivity (Wildman–Crippen MR) is 159 cm³/mol. The zero-order chi connectivity index (χ0) is 25.0. The Balaban J connectivity index is 4.56. The first-order chi connectivity index (χ1) is 16.8. The highest BCUT2D eigenvalue weighted by molar-refractivity contribution is 4.72. The molecule has 2 unspecified atom stereocenters. The van der Waals surface area contributed by atoms with Crippen LogP contribution in [0.2, 0.25) is 0 Å². The van der Waals surface area contributed by atoms with Gasteiger partial charge in [-0.05, 0) is 11.8 Å². The van der Waals surface area contributed by atoms with Crippen molar-refractivity contribution in [3.63, 3.8) is 0 Å². The molecular formula is C34H70. The van der Waals surface area contributed by atoms with Crippen molar-refractivity contribution in [2.45, 2.75) is 207 Å². The van der Waals surface area contributed by atoms with E-state index in [1.54, 1.807) is 0 Å². The van der Waals surface area contributed by atoms with Crippen LogP contribution in [0.1, 0.15) is 207 Å². The molecule has 0 bridgehead atoms. The summed E-state index contributed by atoms with van der Waals surface area (Å²) in [5, 5.41) is 0. The molecule has 0 spiro atoms. The summed E-state index contributed by atoms with van der Waals surface area (Å²) in [5.74, 6) is 2.06. The molecule has 0 aromatic carbocycles. The van der Waals surface area contributed by atoms with Crippen molar-refractivity contribution in [3.8, 4) is 0 Å². The van der Waals surface area contributed by atoms with E-state index in [1.165, 1.54) is 180 Å². The quantitative estimate of drug-likeness (QED) is 0.0937. The van der Waals surface area contributed by atoms with Crippen molar-refractivity contribution in [2.75, 3.05) is 0 Å². The molecule has 0 N–H and O–H groups in total. The monoisotopic (exact) mass is 479 g/mol. The fourth-order valence-corrected chi connectivity index (χ4v) is 5.98. The highest BCUT2D eigenvalue weighted by Gasteiger charge is 2.20. The number of hydrogen-bond donors (Lipinski definition) is 0. The molecule has 206 valence electrons. The average molecular weight is 479 g/mol. The maximum absolute atomic E-state index is 2.36. The molecule has 2 atom stereocenters. The van der Waals surface area contributed by atoms with Crippen LogP contribution in [0.15, 0.2) is 0 Å². The summed E-state index contributed by atoms with van der Waals surface area (Å²) in [6.07, 6.45) is 41.2. The first-order valence-corrected chi connectivity index (χ1v) is 16.8. The zero-order valence-electron chi connectivity index (χ0n) is 25.0. The molecule has 34 heavy (non-hydrogen) atoms. The molecule has 0 amide bonds. The molecule has 0 saturated carbocycles. The summed E-state index contributed by atoms with van der Waals surface area (Å²) >= 11 is 0. The maximum Gasteiger partial charge on any atom is -0.0386 e. The van der Waals surface area contributed by atoms with Gasteiger partial charge in [0.15, 0.2) is 0 Å². The van der Waals surface area contributed by atoms with Crippen LogP contribution in [0.4, 0.5) is 0 Å². The Bertz CT molecular complexity index is 346. The predicted octanol–water partition coefficient (Wildman–Crippen LogP) is 13.2. The molecule has 0 saturated heterocycles. The van der Waals surface area contributed by atoms with Crippen molar-refractivity contribution < 1.29 is 0 Å². The van der Waals surface area contributed by atoms with E-state index in [-0.39, 0.29) is 0 Å². The maximum atomic E-state index is 2.36. The van der Waals surface area contributed by atoms with E-state index in [2.05, 4.69) is 27.7 Å². The molecule has 0 aliphatic heterocycles. The smallest absolute Gasteiger partial charge is 0.0386 e. The molecule has 0 aliphatic carbocycles. The summed E-state index contributed by atoms with van der Waals surface area (Å²) in [5.41, 5.74) is 0.